The second-order valence-corrected chi connectivity index (χ2v) is 6.13. The Morgan fingerprint density at radius 3 is 2.33 bits per heavy atom. The molecule has 5 aromatic rings. The fourth-order valence-corrected chi connectivity index (χ4v) is 3.49. The van der Waals surface area contributed by atoms with Crippen molar-refractivity contribution >= 4 is 38.1 Å². The van der Waals surface area contributed by atoms with Crippen LogP contribution in [0.2, 0.25) is 0 Å². The van der Waals surface area contributed by atoms with E-state index in [9.17, 15) is 8.78 Å². The van der Waals surface area contributed by atoms with Gasteiger partial charge in [-0.1, -0.05) is 23.8 Å². The quantitative estimate of drug-likeness (QED) is 0.350. The minimum atomic E-state index is -0.295. The van der Waals surface area contributed by atoms with E-state index in [4.69, 9.17) is 0 Å². The molecule has 24 heavy (non-hydrogen) atoms. The van der Waals surface area contributed by atoms with Crippen molar-refractivity contribution in [1.29, 1.82) is 0 Å². The molecule has 0 spiro atoms. The summed E-state index contributed by atoms with van der Waals surface area (Å²) in [5.41, 5.74) is 3.46. The zero-order chi connectivity index (χ0) is 16.4. The molecule has 116 valence electrons. The minimum absolute atomic E-state index is 0.285. The van der Waals surface area contributed by atoms with Gasteiger partial charge < -0.3 is 0 Å². The molecule has 0 radical (unpaired) electrons. The van der Waals surface area contributed by atoms with E-state index in [1.165, 1.54) is 24.3 Å². The van der Waals surface area contributed by atoms with Crippen LogP contribution in [-0.4, -0.2) is 9.61 Å². The summed E-state index contributed by atoms with van der Waals surface area (Å²) in [4.78, 5) is 0. The highest BCUT2D eigenvalue weighted by atomic mass is 19.1. The van der Waals surface area contributed by atoms with E-state index in [1.807, 2.05) is 25.1 Å². The van der Waals surface area contributed by atoms with Crippen molar-refractivity contribution in [3.8, 4) is 0 Å². The van der Waals surface area contributed by atoms with Crippen molar-refractivity contribution < 1.29 is 8.78 Å². The molecule has 0 amide bonds. The SMILES string of the molecule is Cc1ccc2c(c1)c1cc(F)ccc1n1nc3ccc(F)cc3c21. The molecule has 0 bridgehead atoms. The summed E-state index contributed by atoms with van der Waals surface area (Å²) < 4.78 is 29.4. The molecule has 4 heteroatoms. The van der Waals surface area contributed by atoms with E-state index < -0.39 is 0 Å². The van der Waals surface area contributed by atoms with E-state index >= 15 is 0 Å². The maximum atomic E-state index is 13.8. The van der Waals surface area contributed by atoms with Gasteiger partial charge in [0.25, 0.3) is 0 Å². The molecule has 3 aromatic carbocycles. The molecule has 5 rings (SSSR count). The van der Waals surface area contributed by atoms with Gasteiger partial charge in [-0.3, -0.25) is 0 Å². The third-order valence-corrected chi connectivity index (χ3v) is 4.54. The first kappa shape index (κ1) is 13.4. The topological polar surface area (TPSA) is 17.3 Å². The van der Waals surface area contributed by atoms with Crippen LogP contribution in [-0.2, 0) is 0 Å². The van der Waals surface area contributed by atoms with Gasteiger partial charge >= 0.3 is 0 Å². The molecule has 0 aliphatic carbocycles. The standard InChI is InChI=1S/C20H12F2N2/c1-11-2-5-14-15(8-11)16-9-13(22)4-7-19(16)24-20(14)17-10-12(21)3-6-18(17)23-24/h2-10H,1H3. The Morgan fingerprint density at radius 2 is 1.50 bits per heavy atom. The molecule has 2 aromatic heterocycles. The largest absolute Gasteiger partial charge is 0.231 e. The summed E-state index contributed by atoms with van der Waals surface area (Å²) in [5.74, 6) is -0.579. The van der Waals surface area contributed by atoms with Gasteiger partial charge in [-0.15, -0.1) is 0 Å². The third-order valence-electron chi connectivity index (χ3n) is 4.54. The number of benzene rings is 3. The summed E-state index contributed by atoms with van der Waals surface area (Å²) in [5, 5.41) is 8.06. The highest BCUT2D eigenvalue weighted by molar-refractivity contribution is 6.18. The number of fused-ring (bicyclic) bond motifs is 8. The maximum absolute atomic E-state index is 13.8. The lowest BCUT2D eigenvalue weighted by Crippen LogP contribution is -1.93. The summed E-state index contributed by atoms with van der Waals surface area (Å²) in [6, 6.07) is 15.3. The summed E-state index contributed by atoms with van der Waals surface area (Å²) in [6.07, 6.45) is 0. The van der Waals surface area contributed by atoms with Crippen molar-refractivity contribution in [1.82, 2.24) is 9.61 Å². The zero-order valence-electron chi connectivity index (χ0n) is 12.8. The number of hydrogen-bond donors (Lipinski definition) is 0. The zero-order valence-corrected chi connectivity index (χ0v) is 12.8. The molecule has 2 nitrogen and oxygen atoms in total. The van der Waals surface area contributed by atoms with Gasteiger partial charge in [0.05, 0.1) is 16.6 Å². The highest BCUT2D eigenvalue weighted by Gasteiger charge is 2.15. The monoisotopic (exact) mass is 318 g/mol. The maximum Gasteiger partial charge on any atom is 0.124 e. The summed E-state index contributed by atoms with van der Waals surface area (Å²) in [6.45, 7) is 2.00. The molecule has 0 saturated carbocycles. The van der Waals surface area contributed by atoms with E-state index in [-0.39, 0.29) is 11.6 Å². The van der Waals surface area contributed by atoms with Crippen LogP contribution >= 0.6 is 0 Å². The Labute approximate surface area is 135 Å². The number of rotatable bonds is 0. The van der Waals surface area contributed by atoms with Crippen LogP contribution in [0.1, 0.15) is 5.56 Å². The first-order valence-corrected chi connectivity index (χ1v) is 7.71. The first-order chi connectivity index (χ1) is 11.6. The average Bonchev–Trinajstić information content (AvgIpc) is 2.93. The van der Waals surface area contributed by atoms with Crippen molar-refractivity contribution in [2.75, 3.05) is 0 Å². The van der Waals surface area contributed by atoms with Crippen molar-refractivity contribution in [3.05, 3.63) is 71.8 Å². The van der Waals surface area contributed by atoms with Crippen LogP contribution in [0.4, 0.5) is 8.78 Å². The molecule has 2 heterocycles. The Kier molecular flexibility index (Phi) is 2.52. The van der Waals surface area contributed by atoms with Gasteiger partial charge in [-0.2, -0.15) is 5.10 Å². The number of halogens is 2. The highest BCUT2D eigenvalue weighted by Crippen LogP contribution is 2.34. The molecular formula is C20H12F2N2. The Morgan fingerprint density at radius 1 is 0.750 bits per heavy atom. The van der Waals surface area contributed by atoms with Gasteiger partial charge in [-0.05, 0) is 48.7 Å². The number of aryl methyl sites for hydroxylation is 1. The Bertz CT molecular complexity index is 1290. The molecule has 0 aliphatic rings. The molecule has 0 atom stereocenters. The fraction of sp³-hybridized carbons (Fsp3) is 0.0500. The van der Waals surface area contributed by atoms with Gasteiger partial charge in [0, 0.05) is 16.2 Å². The van der Waals surface area contributed by atoms with Crippen LogP contribution < -0.4 is 0 Å². The number of hydrogen-bond acceptors (Lipinski definition) is 1. The second kappa shape index (κ2) is 4.51. The Balaban J connectivity index is 2.18. The number of aromatic nitrogens is 2. The normalized spacial score (nSPS) is 12.0. The molecular weight excluding hydrogens is 306 g/mol. The van der Waals surface area contributed by atoms with Gasteiger partial charge in [0.2, 0.25) is 0 Å². The van der Waals surface area contributed by atoms with Crippen LogP contribution in [0.3, 0.4) is 0 Å². The lowest BCUT2D eigenvalue weighted by molar-refractivity contribution is 0.629. The van der Waals surface area contributed by atoms with Crippen molar-refractivity contribution in [2.24, 2.45) is 0 Å². The lowest BCUT2D eigenvalue weighted by atomic mass is 10.0. The van der Waals surface area contributed by atoms with E-state index in [2.05, 4.69) is 5.10 Å². The third kappa shape index (κ3) is 1.71. The number of pyridine rings is 1. The fourth-order valence-electron chi connectivity index (χ4n) is 3.49. The smallest absolute Gasteiger partial charge is 0.124 e. The molecule has 0 fully saturated rings. The molecule has 0 aliphatic heterocycles. The summed E-state index contributed by atoms with van der Waals surface area (Å²) >= 11 is 0. The molecule has 0 saturated heterocycles. The van der Waals surface area contributed by atoms with E-state index in [0.29, 0.717) is 0 Å². The predicted octanol–water partition coefficient (Wildman–Crippen LogP) is 5.38. The molecule has 0 N–H and O–H groups in total. The predicted molar refractivity (Wildman–Crippen MR) is 92.4 cm³/mol. The van der Waals surface area contributed by atoms with Gasteiger partial charge in [0.1, 0.15) is 11.6 Å². The average molecular weight is 318 g/mol. The second-order valence-electron chi connectivity index (χ2n) is 6.13. The van der Waals surface area contributed by atoms with Crippen LogP contribution in [0, 0.1) is 18.6 Å². The molecule has 0 unspecified atom stereocenters. The van der Waals surface area contributed by atoms with Gasteiger partial charge in [-0.25, -0.2) is 13.3 Å². The van der Waals surface area contributed by atoms with Crippen molar-refractivity contribution in [3.63, 3.8) is 0 Å². The van der Waals surface area contributed by atoms with E-state index in [0.717, 1.165) is 43.7 Å². The Hall–Kier alpha value is -3.01. The lowest BCUT2D eigenvalue weighted by Gasteiger charge is -2.09. The van der Waals surface area contributed by atoms with Crippen molar-refractivity contribution in [2.45, 2.75) is 6.92 Å². The van der Waals surface area contributed by atoms with Crippen LogP contribution in [0.25, 0.3) is 38.1 Å². The summed E-state index contributed by atoms with van der Waals surface area (Å²) in [7, 11) is 0. The van der Waals surface area contributed by atoms with Crippen LogP contribution in [0.15, 0.2) is 54.6 Å². The van der Waals surface area contributed by atoms with Crippen LogP contribution in [0.5, 0.6) is 0 Å². The van der Waals surface area contributed by atoms with E-state index in [1.54, 1.807) is 16.6 Å². The minimum Gasteiger partial charge on any atom is -0.231 e. The number of nitrogens with zero attached hydrogens (tertiary/aromatic N) is 2. The first-order valence-electron chi connectivity index (χ1n) is 7.71. The van der Waals surface area contributed by atoms with Gasteiger partial charge in [0.15, 0.2) is 0 Å².